The molecule has 0 spiro atoms. The molecule has 0 rings (SSSR count). The zero-order valence-electron chi connectivity index (χ0n) is 36.9. The molecule has 0 fully saturated rings. The van der Waals surface area contributed by atoms with Crippen LogP contribution in [0, 0.1) is 0 Å². The molecule has 9 heteroatoms. The molecule has 3 atom stereocenters. The zero-order chi connectivity index (χ0) is 40.7. The molecular weight excluding hydrogens is 707 g/mol. The number of phosphoric ester groups is 1. The molecule has 55 heavy (non-hydrogen) atoms. The molecule has 1 amide bonds. The van der Waals surface area contributed by atoms with Crippen molar-refractivity contribution in [3.8, 4) is 0 Å². The van der Waals surface area contributed by atoms with E-state index in [0.717, 1.165) is 38.5 Å². The van der Waals surface area contributed by atoms with Crippen molar-refractivity contribution in [2.45, 2.75) is 225 Å². The summed E-state index contributed by atoms with van der Waals surface area (Å²) >= 11 is 0. The fourth-order valence-corrected chi connectivity index (χ4v) is 7.42. The molecule has 0 radical (unpaired) electrons. The van der Waals surface area contributed by atoms with Crippen LogP contribution in [0.15, 0.2) is 24.3 Å². The SMILES string of the molecule is CCCCCCCC/C=C/CC/C=C/C(O)C(COP(=O)([O-])OCC[N+](C)(C)C)NC(=O)CCCCCCCCCCCCCCCCCCCCCCC. The summed E-state index contributed by atoms with van der Waals surface area (Å²) in [6.07, 6.45) is 45.2. The lowest BCUT2D eigenvalue weighted by Crippen LogP contribution is -2.45. The third kappa shape index (κ3) is 41.0. The van der Waals surface area contributed by atoms with Gasteiger partial charge in [0.1, 0.15) is 13.2 Å². The van der Waals surface area contributed by atoms with Gasteiger partial charge < -0.3 is 28.8 Å². The zero-order valence-corrected chi connectivity index (χ0v) is 37.8. The number of nitrogens with one attached hydrogen (secondary N) is 1. The first-order valence-electron chi connectivity index (χ1n) is 23.2. The Bertz CT molecular complexity index is 953. The first-order chi connectivity index (χ1) is 26.5. The van der Waals surface area contributed by atoms with Crippen molar-refractivity contribution in [1.82, 2.24) is 5.32 Å². The van der Waals surface area contributed by atoms with E-state index < -0.39 is 20.0 Å². The van der Waals surface area contributed by atoms with Crippen molar-refractivity contribution >= 4 is 13.7 Å². The number of likely N-dealkylation sites (N-methyl/N-ethyl adjacent to an activating group) is 1. The van der Waals surface area contributed by atoms with Gasteiger partial charge in [-0.25, -0.2) is 0 Å². The Labute approximate surface area is 341 Å². The minimum Gasteiger partial charge on any atom is -0.756 e. The first kappa shape index (κ1) is 54.0. The topological polar surface area (TPSA) is 108 Å². The van der Waals surface area contributed by atoms with Crippen molar-refractivity contribution in [2.24, 2.45) is 0 Å². The van der Waals surface area contributed by atoms with Gasteiger partial charge >= 0.3 is 0 Å². The summed E-state index contributed by atoms with van der Waals surface area (Å²) in [5.74, 6) is -0.205. The highest BCUT2D eigenvalue weighted by atomic mass is 31.2. The summed E-state index contributed by atoms with van der Waals surface area (Å²) < 4.78 is 23.2. The molecule has 0 aromatic carbocycles. The van der Waals surface area contributed by atoms with E-state index >= 15 is 0 Å². The summed E-state index contributed by atoms with van der Waals surface area (Å²) in [6, 6.07) is -0.897. The van der Waals surface area contributed by atoms with Crippen LogP contribution in [0.25, 0.3) is 0 Å². The summed E-state index contributed by atoms with van der Waals surface area (Å²) in [6.45, 7) is 4.62. The van der Waals surface area contributed by atoms with Gasteiger partial charge in [0, 0.05) is 6.42 Å². The molecular formula is C46H91N2O6P. The number of hydrogen-bond donors (Lipinski definition) is 2. The van der Waals surface area contributed by atoms with E-state index in [1.54, 1.807) is 6.08 Å². The van der Waals surface area contributed by atoms with Crippen LogP contribution < -0.4 is 10.2 Å². The number of nitrogens with zero attached hydrogens (tertiary/aromatic N) is 1. The number of rotatable bonds is 42. The number of hydrogen-bond acceptors (Lipinski definition) is 6. The Balaban J connectivity index is 4.30. The Morgan fingerprint density at radius 2 is 1.02 bits per heavy atom. The molecule has 0 aliphatic heterocycles. The van der Waals surface area contributed by atoms with Gasteiger partial charge in [0.25, 0.3) is 7.82 Å². The number of quaternary nitrogens is 1. The fourth-order valence-electron chi connectivity index (χ4n) is 6.70. The van der Waals surface area contributed by atoms with Crippen LogP contribution in [0.4, 0.5) is 0 Å². The summed E-state index contributed by atoms with van der Waals surface area (Å²) in [7, 11) is 1.25. The van der Waals surface area contributed by atoms with Crippen molar-refractivity contribution in [2.75, 3.05) is 40.9 Å². The van der Waals surface area contributed by atoms with Gasteiger partial charge in [-0.3, -0.25) is 9.36 Å². The van der Waals surface area contributed by atoms with E-state index in [2.05, 4.69) is 31.3 Å². The van der Waals surface area contributed by atoms with Gasteiger partial charge in [0.05, 0.1) is 39.9 Å². The monoisotopic (exact) mass is 799 g/mol. The molecule has 2 N–H and O–H groups in total. The lowest BCUT2D eigenvalue weighted by molar-refractivity contribution is -0.870. The van der Waals surface area contributed by atoms with Crippen molar-refractivity contribution in [3.63, 3.8) is 0 Å². The van der Waals surface area contributed by atoms with Crippen LogP contribution in [-0.2, 0) is 18.4 Å². The molecule has 0 heterocycles. The highest BCUT2D eigenvalue weighted by molar-refractivity contribution is 7.45. The van der Waals surface area contributed by atoms with E-state index in [-0.39, 0.29) is 19.1 Å². The smallest absolute Gasteiger partial charge is 0.268 e. The van der Waals surface area contributed by atoms with Crippen LogP contribution >= 0.6 is 7.82 Å². The molecule has 0 aliphatic rings. The Morgan fingerprint density at radius 1 is 0.618 bits per heavy atom. The van der Waals surface area contributed by atoms with E-state index in [4.69, 9.17) is 9.05 Å². The van der Waals surface area contributed by atoms with Gasteiger partial charge in [-0.1, -0.05) is 199 Å². The number of carbonyl (C=O) groups excluding carboxylic acids is 1. The Kier molecular flexibility index (Phi) is 37.8. The molecule has 0 aliphatic carbocycles. The number of amides is 1. The van der Waals surface area contributed by atoms with Crippen molar-refractivity contribution < 1.29 is 32.9 Å². The third-order valence-corrected chi connectivity index (χ3v) is 11.4. The molecule has 0 saturated carbocycles. The fraction of sp³-hybridized carbons (Fsp3) is 0.891. The minimum absolute atomic E-state index is 0.00435. The third-order valence-electron chi connectivity index (χ3n) is 10.4. The van der Waals surface area contributed by atoms with E-state index in [1.807, 2.05) is 27.2 Å². The summed E-state index contributed by atoms with van der Waals surface area (Å²) in [5, 5.41) is 13.7. The van der Waals surface area contributed by atoms with Crippen LogP contribution in [0.3, 0.4) is 0 Å². The largest absolute Gasteiger partial charge is 0.756 e. The van der Waals surface area contributed by atoms with E-state index in [0.29, 0.717) is 17.4 Å². The number of aliphatic hydroxyl groups excluding tert-OH is 1. The van der Waals surface area contributed by atoms with Gasteiger partial charge in [0.2, 0.25) is 5.91 Å². The molecule has 3 unspecified atom stereocenters. The van der Waals surface area contributed by atoms with Gasteiger partial charge in [-0.2, -0.15) is 0 Å². The first-order valence-corrected chi connectivity index (χ1v) is 24.7. The maximum atomic E-state index is 12.8. The maximum Gasteiger partial charge on any atom is 0.268 e. The number of unbranched alkanes of at least 4 members (excludes halogenated alkanes) is 27. The van der Waals surface area contributed by atoms with E-state index in [1.165, 1.54) is 154 Å². The molecule has 326 valence electrons. The van der Waals surface area contributed by atoms with Gasteiger partial charge in [-0.05, 0) is 32.1 Å². The van der Waals surface area contributed by atoms with Crippen LogP contribution in [0.1, 0.15) is 213 Å². The standard InChI is InChI=1S/C46H91N2O6P/c1-6-8-10-12-14-16-18-20-21-22-23-24-25-26-27-28-30-32-34-36-38-40-46(50)47-44(43-54-55(51,52)53-42-41-48(3,4)5)45(49)39-37-35-33-31-29-19-17-15-13-11-9-7-2/h29,31,37,39,44-45,49H,6-28,30,32-36,38,40-43H2,1-5H3,(H-,47,50,51,52)/b31-29+,39-37+. The van der Waals surface area contributed by atoms with E-state index in [9.17, 15) is 19.4 Å². The molecule has 8 nitrogen and oxygen atoms in total. The predicted octanol–water partition coefficient (Wildman–Crippen LogP) is 12.3. The van der Waals surface area contributed by atoms with Crippen LogP contribution in [-0.4, -0.2) is 68.5 Å². The summed E-state index contributed by atoms with van der Waals surface area (Å²) in [5.41, 5.74) is 0. The Morgan fingerprint density at radius 3 is 1.47 bits per heavy atom. The van der Waals surface area contributed by atoms with Crippen molar-refractivity contribution in [1.29, 1.82) is 0 Å². The highest BCUT2D eigenvalue weighted by Gasteiger charge is 2.23. The van der Waals surface area contributed by atoms with Crippen molar-refractivity contribution in [3.05, 3.63) is 24.3 Å². The minimum atomic E-state index is -4.59. The quantitative estimate of drug-likeness (QED) is 0.0276. The average molecular weight is 799 g/mol. The second kappa shape index (κ2) is 38.5. The second-order valence-electron chi connectivity index (χ2n) is 17.1. The maximum absolute atomic E-state index is 12.8. The second-order valence-corrected chi connectivity index (χ2v) is 18.5. The molecule has 0 bridgehead atoms. The molecule has 0 aromatic rings. The number of phosphoric acid groups is 1. The number of carbonyl (C=O) groups is 1. The molecule has 0 saturated heterocycles. The average Bonchev–Trinajstić information content (AvgIpc) is 3.13. The summed E-state index contributed by atoms with van der Waals surface area (Å²) in [4.78, 5) is 25.3. The van der Waals surface area contributed by atoms with Gasteiger partial charge in [-0.15, -0.1) is 0 Å². The number of allylic oxidation sites excluding steroid dienone is 3. The van der Waals surface area contributed by atoms with Crippen LogP contribution in [0.5, 0.6) is 0 Å². The normalized spacial score (nSPS) is 14.5. The lowest BCUT2D eigenvalue weighted by Gasteiger charge is -2.29. The van der Waals surface area contributed by atoms with Gasteiger partial charge in [0.15, 0.2) is 0 Å². The predicted molar refractivity (Wildman–Crippen MR) is 233 cm³/mol. The Hall–Kier alpha value is -1.02. The van der Waals surface area contributed by atoms with Crippen LogP contribution in [0.2, 0.25) is 0 Å². The lowest BCUT2D eigenvalue weighted by atomic mass is 10.0. The number of aliphatic hydroxyl groups is 1. The highest BCUT2D eigenvalue weighted by Crippen LogP contribution is 2.38. The molecule has 0 aromatic heterocycles.